The van der Waals surface area contributed by atoms with Gasteiger partial charge in [0.25, 0.3) is 5.91 Å². The summed E-state index contributed by atoms with van der Waals surface area (Å²) in [5, 5.41) is 1.89. The highest BCUT2D eigenvalue weighted by atomic mass is 79.9. The Bertz CT molecular complexity index is 519. The molecule has 1 aromatic rings. The van der Waals surface area contributed by atoms with Gasteiger partial charge in [0.15, 0.2) is 13.2 Å². The molecule has 2 amide bonds. The first-order valence-electron chi connectivity index (χ1n) is 6.02. The van der Waals surface area contributed by atoms with Crippen molar-refractivity contribution in [1.82, 2.24) is 5.32 Å². The molecular weight excluding hydrogens is 346 g/mol. The van der Waals surface area contributed by atoms with Gasteiger partial charge in [-0.3, -0.25) is 10.1 Å². The minimum absolute atomic E-state index is 0.138. The lowest BCUT2D eigenvalue weighted by atomic mass is 10.3. The SMILES string of the molecule is CCOC(=O)NC(=O)COC(=O)COc1cccc(Br)c1. The van der Waals surface area contributed by atoms with Gasteiger partial charge in [-0.1, -0.05) is 22.0 Å². The number of hydrogen-bond acceptors (Lipinski definition) is 6. The Balaban J connectivity index is 2.25. The van der Waals surface area contributed by atoms with Crippen molar-refractivity contribution in [3.63, 3.8) is 0 Å². The molecule has 114 valence electrons. The van der Waals surface area contributed by atoms with Crippen LogP contribution in [0.4, 0.5) is 4.79 Å². The van der Waals surface area contributed by atoms with Crippen molar-refractivity contribution in [3.05, 3.63) is 28.7 Å². The number of amides is 2. The first-order chi connectivity index (χ1) is 10.0. The van der Waals surface area contributed by atoms with Crippen molar-refractivity contribution >= 4 is 33.9 Å². The predicted octanol–water partition coefficient (Wildman–Crippen LogP) is 1.64. The fourth-order valence-corrected chi connectivity index (χ4v) is 1.58. The van der Waals surface area contributed by atoms with E-state index in [1.165, 1.54) is 0 Å². The molecule has 7 nitrogen and oxygen atoms in total. The normalized spacial score (nSPS) is 9.62. The molecule has 0 saturated heterocycles. The van der Waals surface area contributed by atoms with Crippen molar-refractivity contribution in [2.75, 3.05) is 19.8 Å². The number of imide groups is 1. The molecular formula is C13H14BrNO6. The molecule has 8 heteroatoms. The van der Waals surface area contributed by atoms with Crippen molar-refractivity contribution in [2.24, 2.45) is 0 Å². The Morgan fingerprint density at radius 3 is 2.62 bits per heavy atom. The van der Waals surface area contributed by atoms with Crippen LogP contribution in [0.15, 0.2) is 28.7 Å². The summed E-state index contributed by atoms with van der Waals surface area (Å²) in [5.41, 5.74) is 0. The summed E-state index contributed by atoms with van der Waals surface area (Å²) in [4.78, 5) is 33.5. The van der Waals surface area contributed by atoms with Gasteiger partial charge in [0.1, 0.15) is 5.75 Å². The van der Waals surface area contributed by atoms with Gasteiger partial charge in [-0.15, -0.1) is 0 Å². The topological polar surface area (TPSA) is 90.9 Å². The average molecular weight is 360 g/mol. The fraction of sp³-hybridized carbons (Fsp3) is 0.308. The van der Waals surface area contributed by atoms with Crippen molar-refractivity contribution in [3.8, 4) is 5.75 Å². The van der Waals surface area contributed by atoms with Gasteiger partial charge in [0.2, 0.25) is 0 Å². The number of benzene rings is 1. The van der Waals surface area contributed by atoms with Crippen molar-refractivity contribution < 1.29 is 28.6 Å². The summed E-state index contributed by atoms with van der Waals surface area (Å²) in [7, 11) is 0. The molecule has 21 heavy (non-hydrogen) atoms. The molecule has 1 N–H and O–H groups in total. The largest absolute Gasteiger partial charge is 0.482 e. The van der Waals surface area contributed by atoms with E-state index in [0.29, 0.717) is 5.75 Å². The Morgan fingerprint density at radius 1 is 1.19 bits per heavy atom. The molecule has 0 aliphatic carbocycles. The van der Waals surface area contributed by atoms with Crippen LogP contribution in [-0.2, 0) is 19.1 Å². The summed E-state index contributed by atoms with van der Waals surface area (Å²) in [6, 6.07) is 6.91. The Kier molecular flexibility index (Phi) is 7.24. The highest BCUT2D eigenvalue weighted by Gasteiger charge is 2.11. The Labute approximate surface area is 129 Å². The van der Waals surface area contributed by atoms with Crippen LogP contribution >= 0.6 is 15.9 Å². The predicted molar refractivity (Wildman–Crippen MR) is 75.8 cm³/mol. The van der Waals surface area contributed by atoms with Crippen LogP contribution in [-0.4, -0.2) is 37.8 Å². The molecule has 0 spiro atoms. The van der Waals surface area contributed by atoms with E-state index in [1.54, 1.807) is 25.1 Å². The maximum atomic E-state index is 11.4. The molecule has 0 aliphatic rings. The monoisotopic (exact) mass is 359 g/mol. The highest BCUT2D eigenvalue weighted by Crippen LogP contribution is 2.17. The van der Waals surface area contributed by atoms with Gasteiger partial charge in [0.05, 0.1) is 6.61 Å². The fourth-order valence-electron chi connectivity index (χ4n) is 1.20. The highest BCUT2D eigenvalue weighted by molar-refractivity contribution is 9.10. The van der Waals surface area contributed by atoms with Gasteiger partial charge < -0.3 is 14.2 Å². The minimum Gasteiger partial charge on any atom is -0.482 e. The summed E-state index contributed by atoms with van der Waals surface area (Å²) >= 11 is 3.26. The molecule has 0 radical (unpaired) electrons. The molecule has 0 unspecified atom stereocenters. The van der Waals surface area contributed by atoms with Crippen LogP contribution in [0.25, 0.3) is 0 Å². The molecule has 0 fully saturated rings. The summed E-state index contributed by atoms with van der Waals surface area (Å²) in [6.07, 6.45) is -0.885. The molecule has 1 rings (SSSR count). The maximum Gasteiger partial charge on any atom is 0.413 e. The van der Waals surface area contributed by atoms with E-state index in [1.807, 2.05) is 11.4 Å². The van der Waals surface area contributed by atoms with Crippen molar-refractivity contribution in [2.45, 2.75) is 6.92 Å². The average Bonchev–Trinajstić information content (AvgIpc) is 2.43. The standard InChI is InChI=1S/C13H14BrNO6/c1-2-19-13(18)15-11(16)7-21-12(17)8-20-10-5-3-4-9(14)6-10/h3-6H,2,7-8H2,1H3,(H,15,16,18). The zero-order valence-corrected chi connectivity index (χ0v) is 12.8. The van der Waals surface area contributed by atoms with Gasteiger partial charge >= 0.3 is 12.1 Å². The zero-order valence-electron chi connectivity index (χ0n) is 11.3. The van der Waals surface area contributed by atoms with Crippen LogP contribution in [0.3, 0.4) is 0 Å². The number of alkyl carbamates (subject to hydrolysis) is 1. The summed E-state index contributed by atoms with van der Waals surface area (Å²) in [6.45, 7) is 0.811. The number of hydrogen-bond donors (Lipinski definition) is 1. The molecule has 0 aliphatic heterocycles. The maximum absolute atomic E-state index is 11.4. The van der Waals surface area contributed by atoms with E-state index in [4.69, 9.17) is 4.74 Å². The third kappa shape index (κ3) is 7.31. The van der Waals surface area contributed by atoms with Gasteiger partial charge in [-0.2, -0.15) is 0 Å². The number of esters is 1. The number of ether oxygens (including phenoxy) is 3. The quantitative estimate of drug-likeness (QED) is 0.776. The van der Waals surface area contributed by atoms with Gasteiger partial charge in [0, 0.05) is 4.47 Å². The third-order valence-electron chi connectivity index (χ3n) is 2.03. The smallest absolute Gasteiger partial charge is 0.413 e. The Morgan fingerprint density at radius 2 is 1.95 bits per heavy atom. The van der Waals surface area contributed by atoms with Crippen LogP contribution < -0.4 is 10.1 Å². The molecule has 0 atom stereocenters. The van der Waals surface area contributed by atoms with E-state index in [-0.39, 0.29) is 13.2 Å². The lowest BCUT2D eigenvalue weighted by Crippen LogP contribution is -2.35. The number of carbonyl (C=O) groups excluding carboxylic acids is 3. The summed E-state index contributed by atoms with van der Waals surface area (Å²) in [5.74, 6) is -1.02. The van der Waals surface area contributed by atoms with Crippen molar-refractivity contribution in [1.29, 1.82) is 0 Å². The van der Waals surface area contributed by atoms with E-state index in [0.717, 1.165) is 4.47 Å². The van der Waals surface area contributed by atoms with Crippen LogP contribution in [0.2, 0.25) is 0 Å². The minimum atomic E-state index is -0.885. The van der Waals surface area contributed by atoms with Crippen LogP contribution in [0.5, 0.6) is 5.75 Å². The first-order valence-corrected chi connectivity index (χ1v) is 6.81. The zero-order chi connectivity index (χ0) is 15.7. The molecule has 0 saturated carbocycles. The van der Waals surface area contributed by atoms with Gasteiger partial charge in [-0.25, -0.2) is 9.59 Å². The van der Waals surface area contributed by atoms with E-state index in [2.05, 4.69) is 25.4 Å². The van der Waals surface area contributed by atoms with E-state index < -0.39 is 24.6 Å². The number of rotatable bonds is 6. The van der Waals surface area contributed by atoms with E-state index in [9.17, 15) is 14.4 Å². The van der Waals surface area contributed by atoms with Crippen LogP contribution in [0.1, 0.15) is 6.92 Å². The summed E-state index contributed by atoms with van der Waals surface area (Å²) < 4.78 is 15.1. The lowest BCUT2D eigenvalue weighted by Gasteiger charge is -2.07. The second-order valence-electron chi connectivity index (χ2n) is 3.68. The van der Waals surface area contributed by atoms with Gasteiger partial charge in [-0.05, 0) is 25.1 Å². The van der Waals surface area contributed by atoms with Crippen LogP contribution in [0, 0.1) is 0 Å². The number of halogens is 1. The molecule has 0 aromatic heterocycles. The molecule has 0 bridgehead atoms. The second-order valence-corrected chi connectivity index (χ2v) is 4.59. The molecule has 0 heterocycles. The third-order valence-corrected chi connectivity index (χ3v) is 2.53. The number of carbonyl (C=O) groups is 3. The Hall–Kier alpha value is -2.09. The van der Waals surface area contributed by atoms with E-state index >= 15 is 0 Å². The first kappa shape index (κ1) is 17.0. The number of nitrogens with one attached hydrogen (secondary N) is 1. The molecule has 1 aromatic carbocycles. The lowest BCUT2D eigenvalue weighted by molar-refractivity contribution is -0.150. The second kappa shape index (κ2) is 8.96.